The number of ether oxygens (including phenoxy) is 1. The fourth-order valence-electron chi connectivity index (χ4n) is 2.47. The molecule has 0 aliphatic rings. The van der Waals surface area contributed by atoms with E-state index in [0.29, 0.717) is 17.9 Å². The molecule has 0 aliphatic carbocycles. The lowest BCUT2D eigenvalue weighted by molar-refractivity contribution is -0.111. The van der Waals surface area contributed by atoms with Gasteiger partial charge < -0.3 is 10.1 Å². The van der Waals surface area contributed by atoms with Gasteiger partial charge >= 0.3 is 0 Å². The largest absolute Gasteiger partial charge is 0.489 e. The second-order valence-electron chi connectivity index (χ2n) is 5.86. The van der Waals surface area contributed by atoms with E-state index in [1.54, 1.807) is 30.3 Å². The van der Waals surface area contributed by atoms with Gasteiger partial charge in [-0.05, 0) is 47.5 Å². The van der Waals surface area contributed by atoms with Crippen LogP contribution in [0, 0.1) is 11.3 Å². The fraction of sp³-hybridized carbons (Fsp3) is 0.0435. The standard InChI is InChI=1S/C23H18N2O2/c24-16-20-9-4-10-21(14-20)25-23(26)13-12-18-8-5-11-22(15-18)27-17-19-6-2-1-3-7-19/h1-15H,17H2,(H,25,26)/b13-12+. The van der Waals surface area contributed by atoms with E-state index in [2.05, 4.69) is 5.32 Å². The summed E-state index contributed by atoms with van der Waals surface area (Å²) in [5, 5.41) is 11.6. The lowest BCUT2D eigenvalue weighted by atomic mass is 10.2. The first-order valence-corrected chi connectivity index (χ1v) is 8.49. The van der Waals surface area contributed by atoms with Gasteiger partial charge in [0.15, 0.2) is 0 Å². The van der Waals surface area contributed by atoms with E-state index in [1.807, 2.05) is 60.7 Å². The molecule has 0 fully saturated rings. The molecule has 0 heterocycles. The number of carbonyl (C=O) groups excluding carboxylic acids is 1. The number of nitrogens with one attached hydrogen (secondary N) is 1. The van der Waals surface area contributed by atoms with Crippen molar-refractivity contribution in [2.75, 3.05) is 5.32 Å². The quantitative estimate of drug-likeness (QED) is 0.648. The molecule has 27 heavy (non-hydrogen) atoms. The highest BCUT2D eigenvalue weighted by molar-refractivity contribution is 6.02. The number of carbonyl (C=O) groups is 1. The third-order valence-corrected chi connectivity index (χ3v) is 3.79. The van der Waals surface area contributed by atoms with Crippen LogP contribution in [0.3, 0.4) is 0 Å². The maximum atomic E-state index is 12.1. The first-order valence-electron chi connectivity index (χ1n) is 8.49. The fourth-order valence-corrected chi connectivity index (χ4v) is 2.47. The van der Waals surface area contributed by atoms with Crippen LogP contribution in [-0.2, 0) is 11.4 Å². The highest BCUT2D eigenvalue weighted by Crippen LogP contribution is 2.16. The third-order valence-electron chi connectivity index (χ3n) is 3.79. The average Bonchev–Trinajstić information content (AvgIpc) is 2.72. The molecule has 0 radical (unpaired) electrons. The predicted molar refractivity (Wildman–Crippen MR) is 106 cm³/mol. The molecule has 0 unspecified atom stereocenters. The Balaban J connectivity index is 1.59. The van der Waals surface area contributed by atoms with Gasteiger partial charge in [0.05, 0.1) is 11.6 Å². The van der Waals surface area contributed by atoms with Crippen molar-refractivity contribution >= 4 is 17.7 Å². The Hall–Kier alpha value is -3.84. The van der Waals surface area contributed by atoms with Crippen molar-refractivity contribution in [3.8, 4) is 11.8 Å². The highest BCUT2D eigenvalue weighted by Gasteiger charge is 2.00. The van der Waals surface area contributed by atoms with Crippen LogP contribution < -0.4 is 10.1 Å². The van der Waals surface area contributed by atoms with E-state index >= 15 is 0 Å². The van der Waals surface area contributed by atoms with Crippen molar-refractivity contribution in [3.63, 3.8) is 0 Å². The summed E-state index contributed by atoms with van der Waals surface area (Å²) in [7, 11) is 0. The molecule has 0 spiro atoms. The first-order chi connectivity index (χ1) is 13.2. The maximum absolute atomic E-state index is 12.1. The molecule has 3 aromatic rings. The van der Waals surface area contributed by atoms with Gasteiger partial charge in [0, 0.05) is 11.8 Å². The van der Waals surface area contributed by atoms with Crippen molar-refractivity contribution in [1.29, 1.82) is 5.26 Å². The molecule has 0 saturated carbocycles. The molecular weight excluding hydrogens is 336 g/mol. The van der Waals surface area contributed by atoms with Crippen molar-refractivity contribution in [3.05, 3.63) is 102 Å². The Morgan fingerprint density at radius 1 is 1.00 bits per heavy atom. The van der Waals surface area contributed by atoms with Gasteiger partial charge in [-0.3, -0.25) is 4.79 Å². The van der Waals surface area contributed by atoms with E-state index < -0.39 is 0 Å². The lowest BCUT2D eigenvalue weighted by Gasteiger charge is -2.07. The summed E-state index contributed by atoms with van der Waals surface area (Å²) in [5.74, 6) is 0.476. The summed E-state index contributed by atoms with van der Waals surface area (Å²) >= 11 is 0. The molecule has 0 aliphatic heterocycles. The Morgan fingerprint density at radius 2 is 1.81 bits per heavy atom. The smallest absolute Gasteiger partial charge is 0.248 e. The maximum Gasteiger partial charge on any atom is 0.248 e. The number of hydrogen-bond donors (Lipinski definition) is 1. The second-order valence-corrected chi connectivity index (χ2v) is 5.86. The summed E-state index contributed by atoms with van der Waals surface area (Å²) < 4.78 is 5.80. The molecule has 4 heteroatoms. The normalized spacial score (nSPS) is 10.3. The summed E-state index contributed by atoms with van der Waals surface area (Å²) in [5.41, 5.74) is 3.04. The van der Waals surface area contributed by atoms with Gasteiger partial charge in [0.25, 0.3) is 0 Å². The summed E-state index contributed by atoms with van der Waals surface area (Å²) in [6.07, 6.45) is 3.17. The van der Waals surface area contributed by atoms with Gasteiger partial charge in [-0.1, -0.05) is 48.5 Å². The number of anilines is 1. The molecule has 1 amide bonds. The number of nitriles is 1. The van der Waals surface area contributed by atoms with Crippen molar-refractivity contribution < 1.29 is 9.53 Å². The summed E-state index contributed by atoms with van der Waals surface area (Å²) in [6.45, 7) is 0.490. The summed E-state index contributed by atoms with van der Waals surface area (Å²) in [4.78, 5) is 12.1. The molecule has 1 N–H and O–H groups in total. The Morgan fingerprint density at radius 3 is 2.63 bits per heavy atom. The van der Waals surface area contributed by atoms with E-state index in [4.69, 9.17) is 10.00 Å². The minimum Gasteiger partial charge on any atom is -0.489 e. The molecule has 4 nitrogen and oxygen atoms in total. The van der Waals surface area contributed by atoms with E-state index in [0.717, 1.165) is 16.9 Å². The predicted octanol–water partition coefficient (Wildman–Crippen LogP) is 4.79. The molecule has 0 atom stereocenters. The second kappa shape index (κ2) is 9.02. The van der Waals surface area contributed by atoms with Crippen LogP contribution >= 0.6 is 0 Å². The zero-order valence-corrected chi connectivity index (χ0v) is 14.6. The molecule has 0 saturated heterocycles. The van der Waals surface area contributed by atoms with E-state index in [-0.39, 0.29) is 5.91 Å². The van der Waals surface area contributed by atoms with Gasteiger partial charge in [0.1, 0.15) is 12.4 Å². The van der Waals surface area contributed by atoms with E-state index in [9.17, 15) is 4.79 Å². The monoisotopic (exact) mass is 354 g/mol. The summed E-state index contributed by atoms with van der Waals surface area (Å²) in [6, 6.07) is 26.3. The van der Waals surface area contributed by atoms with Gasteiger partial charge in [-0.25, -0.2) is 0 Å². The van der Waals surface area contributed by atoms with Crippen LogP contribution in [0.4, 0.5) is 5.69 Å². The zero-order chi connectivity index (χ0) is 18.9. The third kappa shape index (κ3) is 5.58. The number of benzene rings is 3. The van der Waals surface area contributed by atoms with Crippen molar-refractivity contribution in [1.82, 2.24) is 0 Å². The lowest BCUT2D eigenvalue weighted by Crippen LogP contribution is -2.07. The molecule has 3 rings (SSSR count). The number of hydrogen-bond acceptors (Lipinski definition) is 3. The molecule has 0 bridgehead atoms. The number of nitrogens with zero attached hydrogens (tertiary/aromatic N) is 1. The van der Waals surface area contributed by atoms with Crippen molar-refractivity contribution in [2.45, 2.75) is 6.61 Å². The Kier molecular flexibility index (Phi) is 6.00. The average molecular weight is 354 g/mol. The molecule has 132 valence electrons. The van der Waals surface area contributed by atoms with Crippen LogP contribution in [0.2, 0.25) is 0 Å². The van der Waals surface area contributed by atoms with Crippen LogP contribution in [0.1, 0.15) is 16.7 Å². The SMILES string of the molecule is N#Cc1cccc(NC(=O)/C=C/c2cccc(OCc3ccccc3)c2)c1. The van der Waals surface area contributed by atoms with Gasteiger partial charge in [-0.15, -0.1) is 0 Å². The minimum absolute atomic E-state index is 0.263. The Bertz CT molecular complexity index is 989. The van der Waals surface area contributed by atoms with Crippen LogP contribution in [0.5, 0.6) is 5.75 Å². The molecular formula is C23H18N2O2. The molecule has 0 aromatic heterocycles. The zero-order valence-electron chi connectivity index (χ0n) is 14.6. The van der Waals surface area contributed by atoms with Gasteiger partial charge in [0.2, 0.25) is 5.91 Å². The van der Waals surface area contributed by atoms with Crippen molar-refractivity contribution in [2.24, 2.45) is 0 Å². The van der Waals surface area contributed by atoms with Crippen LogP contribution in [0.25, 0.3) is 6.08 Å². The van der Waals surface area contributed by atoms with E-state index in [1.165, 1.54) is 6.08 Å². The number of rotatable bonds is 6. The topological polar surface area (TPSA) is 62.1 Å². The van der Waals surface area contributed by atoms with Crippen LogP contribution in [0.15, 0.2) is 84.9 Å². The van der Waals surface area contributed by atoms with Crippen LogP contribution in [-0.4, -0.2) is 5.91 Å². The Labute approximate surface area is 158 Å². The highest BCUT2D eigenvalue weighted by atomic mass is 16.5. The first kappa shape index (κ1) is 18.0. The van der Waals surface area contributed by atoms with Gasteiger partial charge in [-0.2, -0.15) is 5.26 Å². The molecule has 3 aromatic carbocycles. The number of amides is 1. The minimum atomic E-state index is -0.263.